The van der Waals surface area contributed by atoms with Crippen molar-refractivity contribution in [3.05, 3.63) is 129 Å². The number of alkyl halides is 3. The van der Waals surface area contributed by atoms with Gasteiger partial charge in [0.2, 0.25) is 11.8 Å². The second kappa shape index (κ2) is 16.1. The molecule has 0 fully saturated rings. The molecule has 4 aromatic carbocycles. The predicted molar refractivity (Wildman–Crippen MR) is 186 cm³/mol. The number of rotatable bonds is 13. The van der Waals surface area contributed by atoms with Crippen LogP contribution < -0.4 is 9.62 Å². The first-order valence-electron chi connectivity index (χ1n) is 15.4. The van der Waals surface area contributed by atoms with E-state index in [2.05, 4.69) is 5.32 Å². The first-order valence-corrected chi connectivity index (χ1v) is 17.6. The highest BCUT2D eigenvalue weighted by Gasteiger charge is 2.38. The number of aryl methyl sites for hydroxylation is 1. The lowest BCUT2D eigenvalue weighted by Gasteiger charge is -2.34. The lowest BCUT2D eigenvalue weighted by molar-refractivity contribution is -0.140. The Balaban J connectivity index is 1.87. The molecule has 0 aliphatic heterocycles. The standard InChI is InChI=1S/C36H36Cl2F3N3O4S/c1-4-25(3)42-35(46)33(20-26-8-6-5-7-9-26)43(22-27-12-14-28(37)15-13-27)34(45)23-44(49(47,48)30-17-10-24(2)11-18-30)29-16-19-32(38)31(21-29)36(39,40)41/h5-19,21,25,33H,4,20,22-23H2,1-3H3,(H,42,46)/t25-,33+/m1/s1. The van der Waals surface area contributed by atoms with E-state index < -0.39 is 56.9 Å². The Morgan fingerprint density at radius 2 is 1.51 bits per heavy atom. The summed E-state index contributed by atoms with van der Waals surface area (Å²) in [7, 11) is -4.62. The maximum absolute atomic E-state index is 14.5. The number of anilines is 1. The highest BCUT2D eigenvalue weighted by molar-refractivity contribution is 7.92. The number of nitrogens with zero attached hydrogens (tertiary/aromatic N) is 2. The fraction of sp³-hybridized carbons (Fsp3) is 0.278. The zero-order chi connectivity index (χ0) is 35.9. The van der Waals surface area contributed by atoms with Crippen LogP contribution in [0, 0.1) is 6.92 Å². The van der Waals surface area contributed by atoms with E-state index in [-0.39, 0.29) is 23.9 Å². The van der Waals surface area contributed by atoms with Crippen molar-refractivity contribution in [3.63, 3.8) is 0 Å². The number of carbonyl (C=O) groups is 2. The maximum atomic E-state index is 14.5. The van der Waals surface area contributed by atoms with Crippen LogP contribution in [0.1, 0.15) is 42.5 Å². The van der Waals surface area contributed by atoms with Crippen LogP contribution in [0.25, 0.3) is 0 Å². The van der Waals surface area contributed by atoms with Gasteiger partial charge in [-0.05, 0) is 73.9 Å². The molecule has 4 rings (SSSR count). The van der Waals surface area contributed by atoms with Crippen LogP contribution in [-0.4, -0.2) is 43.8 Å². The summed E-state index contributed by atoms with van der Waals surface area (Å²) >= 11 is 12.0. The molecule has 260 valence electrons. The summed E-state index contributed by atoms with van der Waals surface area (Å²) in [6.07, 6.45) is -4.23. The third-order valence-electron chi connectivity index (χ3n) is 7.97. The second-order valence-corrected chi connectivity index (χ2v) is 14.4. The molecule has 0 bridgehead atoms. The number of halogens is 5. The monoisotopic (exact) mass is 733 g/mol. The molecular formula is C36H36Cl2F3N3O4S. The number of benzene rings is 4. The maximum Gasteiger partial charge on any atom is 0.417 e. The topological polar surface area (TPSA) is 86.8 Å². The van der Waals surface area contributed by atoms with Gasteiger partial charge >= 0.3 is 6.18 Å². The Hall–Kier alpha value is -4.06. The normalized spacial score (nSPS) is 13.0. The van der Waals surface area contributed by atoms with Gasteiger partial charge in [-0.15, -0.1) is 0 Å². The zero-order valence-corrected chi connectivity index (χ0v) is 29.4. The molecule has 0 radical (unpaired) electrons. The summed E-state index contributed by atoms with van der Waals surface area (Å²) < 4.78 is 70.9. The van der Waals surface area contributed by atoms with Gasteiger partial charge in [-0.1, -0.05) is 90.3 Å². The van der Waals surface area contributed by atoms with Crippen LogP contribution >= 0.6 is 23.2 Å². The van der Waals surface area contributed by atoms with Crippen LogP contribution in [0.3, 0.4) is 0 Å². The van der Waals surface area contributed by atoms with Crippen molar-refractivity contribution in [3.8, 4) is 0 Å². The number of amides is 2. The average Bonchev–Trinajstić information content (AvgIpc) is 3.06. The Morgan fingerprint density at radius 3 is 2.10 bits per heavy atom. The highest BCUT2D eigenvalue weighted by atomic mass is 35.5. The van der Waals surface area contributed by atoms with E-state index in [1.54, 1.807) is 55.5 Å². The molecule has 2 amide bonds. The van der Waals surface area contributed by atoms with E-state index in [0.717, 1.165) is 23.3 Å². The van der Waals surface area contributed by atoms with Crippen molar-refractivity contribution in [2.75, 3.05) is 10.8 Å². The molecule has 2 atom stereocenters. The van der Waals surface area contributed by atoms with Gasteiger partial charge in [-0.3, -0.25) is 13.9 Å². The highest BCUT2D eigenvalue weighted by Crippen LogP contribution is 2.38. The van der Waals surface area contributed by atoms with Gasteiger partial charge < -0.3 is 10.2 Å². The van der Waals surface area contributed by atoms with Crippen molar-refractivity contribution >= 4 is 50.7 Å². The minimum Gasteiger partial charge on any atom is -0.352 e. The fourth-order valence-electron chi connectivity index (χ4n) is 5.03. The summed E-state index contributed by atoms with van der Waals surface area (Å²) in [6.45, 7) is 4.40. The number of nitrogens with one attached hydrogen (secondary N) is 1. The molecule has 13 heteroatoms. The number of hydrogen-bond donors (Lipinski definition) is 1. The van der Waals surface area contributed by atoms with Gasteiger partial charge in [0.05, 0.1) is 21.2 Å². The Morgan fingerprint density at radius 1 is 0.878 bits per heavy atom. The molecule has 0 aromatic heterocycles. The molecule has 49 heavy (non-hydrogen) atoms. The van der Waals surface area contributed by atoms with E-state index in [9.17, 15) is 31.2 Å². The fourth-order valence-corrected chi connectivity index (χ4v) is 6.79. The molecule has 0 saturated carbocycles. The molecule has 0 aliphatic carbocycles. The minimum atomic E-state index is -4.91. The van der Waals surface area contributed by atoms with E-state index in [1.807, 2.05) is 19.9 Å². The van der Waals surface area contributed by atoms with Crippen molar-refractivity contribution in [2.45, 2.75) is 63.3 Å². The van der Waals surface area contributed by atoms with Crippen LogP contribution in [0.15, 0.2) is 102 Å². The molecule has 4 aromatic rings. The molecule has 0 unspecified atom stereocenters. The SMILES string of the molecule is CC[C@@H](C)NC(=O)[C@H](Cc1ccccc1)N(Cc1ccc(Cl)cc1)C(=O)CN(c1ccc(Cl)c(C(F)(F)F)c1)S(=O)(=O)c1ccc(C)cc1. The van der Waals surface area contributed by atoms with Crippen LogP contribution in [0.4, 0.5) is 18.9 Å². The molecular weight excluding hydrogens is 698 g/mol. The number of hydrogen-bond acceptors (Lipinski definition) is 4. The van der Waals surface area contributed by atoms with Crippen molar-refractivity contribution < 1.29 is 31.2 Å². The van der Waals surface area contributed by atoms with E-state index in [4.69, 9.17) is 23.2 Å². The van der Waals surface area contributed by atoms with Crippen LogP contribution in [0.5, 0.6) is 0 Å². The van der Waals surface area contributed by atoms with Gasteiger partial charge in [-0.2, -0.15) is 13.2 Å². The lowest BCUT2D eigenvalue weighted by Crippen LogP contribution is -2.54. The Bertz CT molecular complexity index is 1860. The first-order chi connectivity index (χ1) is 23.1. The third-order valence-corrected chi connectivity index (χ3v) is 10.3. The minimum absolute atomic E-state index is 0.0757. The molecule has 0 heterocycles. The van der Waals surface area contributed by atoms with Crippen LogP contribution in [0.2, 0.25) is 10.0 Å². The molecule has 7 nitrogen and oxygen atoms in total. The average molecular weight is 735 g/mol. The van der Waals surface area contributed by atoms with Crippen molar-refractivity contribution in [1.82, 2.24) is 10.2 Å². The third kappa shape index (κ3) is 9.77. The second-order valence-electron chi connectivity index (χ2n) is 11.7. The van der Waals surface area contributed by atoms with Gasteiger partial charge in [0.1, 0.15) is 12.6 Å². The number of sulfonamides is 1. The summed E-state index contributed by atoms with van der Waals surface area (Å²) in [4.78, 5) is 29.5. The van der Waals surface area contributed by atoms with Gasteiger partial charge in [0, 0.05) is 24.0 Å². The summed E-state index contributed by atoms with van der Waals surface area (Å²) in [5.74, 6) is -1.30. The lowest BCUT2D eigenvalue weighted by atomic mass is 10.0. The largest absolute Gasteiger partial charge is 0.417 e. The zero-order valence-electron chi connectivity index (χ0n) is 27.0. The quantitative estimate of drug-likeness (QED) is 0.151. The van der Waals surface area contributed by atoms with Gasteiger partial charge in [0.25, 0.3) is 10.0 Å². The number of carbonyl (C=O) groups excluding carboxylic acids is 2. The van der Waals surface area contributed by atoms with E-state index in [0.29, 0.717) is 27.4 Å². The van der Waals surface area contributed by atoms with Crippen molar-refractivity contribution in [1.29, 1.82) is 0 Å². The van der Waals surface area contributed by atoms with E-state index in [1.165, 1.54) is 29.2 Å². The summed E-state index contributed by atoms with van der Waals surface area (Å²) in [5.41, 5.74) is 0.373. The molecule has 0 spiro atoms. The van der Waals surface area contributed by atoms with E-state index >= 15 is 0 Å². The summed E-state index contributed by atoms with van der Waals surface area (Å²) in [6, 6.07) is 22.5. The van der Waals surface area contributed by atoms with Crippen molar-refractivity contribution in [2.24, 2.45) is 0 Å². The van der Waals surface area contributed by atoms with Gasteiger partial charge in [0.15, 0.2) is 0 Å². The molecule has 0 aliphatic rings. The Labute approximate surface area is 294 Å². The predicted octanol–water partition coefficient (Wildman–Crippen LogP) is 8.07. The van der Waals surface area contributed by atoms with Crippen LogP contribution in [-0.2, 0) is 38.8 Å². The molecule has 1 N–H and O–H groups in total. The first kappa shape index (κ1) is 37.8. The van der Waals surface area contributed by atoms with Gasteiger partial charge in [-0.25, -0.2) is 8.42 Å². The molecule has 0 saturated heterocycles. The summed E-state index contributed by atoms with van der Waals surface area (Å²) in [5, 5.41) is 2.74. The Kier molecular flexibility index (Phi) is 12.4. The smallest absolute Gasteiger partial charge is 0.352 e.